The molecule has 26 heavy (non-hydrogen) atoms. The van der Waals surface area contributed by atoms with Crippen LogP contribution in [0.2, 0.25) is 0 Å². The topological polar surface area (TPSA) is 73.3 Å². The first kappa shape index (κ1) is 18.2. The second kappa shape index (κ2) is 7.72. The average Bonchev–Trinajstić information content (AvgIpc) is 3.10. The van der Waals surface area contributed by atoms with Crippen molar-refractivity contribution in [1.29, 1.82) is 0 Å². The van der Waals surface area contributed by atoms with Crippen LogP contribution >= 0.6 is 0 Å². The van der Waals surface area contributed by atoms with Crippen molar-refractivity contribution in [2.45, 2.75) is 45.6 Å². The van der Waals surface area contributed by atoms with Gasteiger partial charge in [0.15, 0.2) is 0 Å². The second-order valence-corrected chi connectivity index (χ2v) is 6.63. The molecule has 0 spiro atoms. The zero-order chi connectivity index (χ0) is 18.7. The van der Waals surface area contributed by atoms with E-state index in [1.165, 1.54) is 31.8 Å². The van der Waals surface area contributed by atoms with Gasteiger partial charge in [-0.05, 0) is 49.8 Å². The Balaban J connectivity index is 1.71. The molecule has 1 aromatic carbocycles. The van der Waals surface area contributed by atoms with Gasteiger partial charge in [0, 0.05) is 5.56 Å². The maximum Gasteiger partial charge on any atom is 0.319 e. The van der Waals surface area contributed by atoms with Gasteiger partial charge in [0.05, 0.1) is 32.4 Å². The molecule has 0 fully saturated rings. The van der Waals surface area contributed by atoms with Crippen molar-refractivity contribution in [1.82, 2.24) is 15.3 Å². The van der Waals surface area contributed by atoms with E-state index in [9.17, 15) is 4.79 Å². The molecule has 1 amide bonds. The van der Waals surface area contributed by atoms with Gasteiger partial charge in [-0.15, -0.1) is 0 Å². The van der Waals surface area contributed by atoms with Gasteiger partial charge < -0.3 is 14.8 Å². The number of fused-ring (bicyclic) bond motifs is 1. The van der Waals surface area contributed by atoms with Crippen LogP contribution in [0.15, 0.2) is 18.2 Å². The zero-order valence-electron chi connectivity index (χ0n) is 15.8. The Labute approximate surface area is 154 Å². The zero-order valence-corrected chi connectivity index (χ0v) is 15.8. The Kier molecular flexibility index (Phi) is 5.40. The molecule has 3 rings (SSSR count). The molecule has 1 aromatic heterocycles. The molecule has 0 saturated heterocycles. The van der Waals surface area contributed by atoms with Crippen LogP contribution in [0.3, 0.4) is 0 Å². The lowest BCUT2D eigenvalue weighted by atomic mass is 10.0. The van der Waals surface area contributed by atoms with Crippen LogP contribution in [-0.2, 0) is 24.1 Å². The number of amides is 1. The number of hydrogen-bond acceptors (Lipinski definition) is 5. The first-order valence-corrected chi connectivity index (χ1v) is 8.88. The molecular formula is C20H25N3O3. The van der Waals surface area contributed by atoms with Crippen molar-refractivity contribution in [2.75, 3.05) is 14.2 Å². The number of benzene rings is 1. The standard InChI is InChI=1S/C20H25N3O3/c1-12(15-9-8-14-6-5-7-16(14)10-15)21-18(24)11-17-13(2)22-20(26-4)23-19(17)25-3/h8-10,12H,5-7,11H2,1-4H3,(H,21,24)/t12-/m1/s1. The third kappa shape index (κ3) is 3.79. The number of ether oxygens (including phenoxy) is 2. The van der Waals surface area contributed by atoms with E-state index in [2.05, 4.69) is 33.5 Å². The largest absolute Gasteiger partial charge is 0.481 e. The summed E-state index contributed by atoms with van der Waals surface area (Å²) in [6.45, 7) is 3.82. The van der Waals surface area contributed by atoms with Gasteiger partial charge >= 0.3 is 6.01 Å². The fourth-order valence-corrected chi connectivity index (χ4v) is 3.41. The van der Waals surface area contributed by atoms with E-state index >= 15 is 0 Å². The summed E-state index contributed by atoms with van der Waals surface area (Å²) >= 11 is 0. The molecular weight excluding hydrogens is 330 g/mol. The summed E-state index contributed by atoms with van der Waals surface area (Å²) in [5.74, 6) is 0.280. The fraction of sp³-hybridized carbons (Fsp3) is 0.450. The molecule has 1 N–H and O–H groups in total. The van der Waals surface area contributed by atoms with Gasteiger partial charge in [-0.1, -0.05) is 18.2 Å². The molecule has 2 aromatic rings. The van der Waals surface area contributed by atoms with Crippen molar-refractivity contribution in [3.05, 3.63) is 46.1 Å². The van der Waals surface area contributed by atoms with E-state index in [4.69, 9.17) is 9.47 Å². The van der Waals surface area contributed by atoms with Crippen LogP contribution in [0.4, 0.5) is 0 Å². The summed E-state index contributed by atoms with van der Waals surface area (Å²) < 4.78 is 10.4. The monoisotopic (exact) mass is 355 g/mol. The first-order valence-electron chi connectivity index (χ1n) is 8.88. The van der Waals surface area contributed by atoms with E-state index in [0.29, 0.717) is 17.1 Å². The minimum atomic E-state index is -0.0897. The number of aryl methyl sites for hydroxylation is 3. The number of rotatable bonds is 6. The summed E-state index contributed by atoms with van der Waals surface area (Å²) in [6.07, 6.45) is 3.67. The van der Waals surface area contributed by atoms with E-state index in [1.807, 2.05) is 13.8 Å². The highest BCUT2D eigenvalue weighted by molar-refractivity contribution is 5.79. The molecule has 1 aliphatic rings. The first-order chi connectivity index (χ1) is 12.5. The van der Waals surface area contributed by atoms with Crippen LogP contribution in [0, 0.1) is 6.92 Å². The Hall–Kier alpha value is -2.63. The number of nitrogens with one attached hydrogen (secondary N) is 1. The second-order valence-electron chi connectivity index (χ2n) is 6.63. The number of carbonyl (C=O) groups excluding carboxylic acids is 1. The average molecular weight is 355 g/mol. The van der Waals surface area contributed by atoms with E-state index in [-0.39, 0.29) is 24.4 Å². The predicted octanol–water partition coefficient (Wildman–Crippen LogP) is 2.71. The van der Waals surface area contributed by atoms with Crippen LogP contribution in [0.25, 0.3) is 0 Å². The highest BCUT2D eigenvalue weighted by Gasteiger charge is 2.19. The summed E-state index contributed by atoms with van der Waals surface area (Å²) in [5, 5.41) is 3.06. The third-order valence-corrected chi connectivity index (χ3v) is 4.87. The highest BCUT2D eigenvalue weighted by atomic mass is 16.5. The molecule has 138 valence electrons. The number of hydrogen-bond donors (Lipinski definition) is 1. The normalized spacial score (nSPS) is 13.8. The molecule has 6 nitrogen and oxygen atoms in total. The molecule has 0 unspecified atom stereocenters. The molecule has 0 bridgehead atoms. The number of nitrogens with zero attached hydrogens (tertiary/aromatic N) is 2. The number of carbonyl (C=O) groups is 1. The maximum atomic E-state index is 12.6. The van der Waals surface area contributed by atoms with Crippen molar-refractivity contribution < 1.29 is 14.3 Å². The van der Waals surface area contributed by atoms with Gasteiger partial charge in [0.2, 0.25) is 11.8 Å². The van der Waals surface area contributed by atoms with E-state index in [0.717, 1.165) is 18.4 Å². The molecule has 1 aliphatic carbocycles. The summed E-state index contributed by atoms with van der Waals surface area (Å²) in [7, 11) is 3.02. The minimum Gasteiger partial charge on any atom is -0.481 e. The van der Waals surface area contributed by atoms with Crippen LogP contribution < -0.4 is 14.8 Å². The third-order valence-electron chi connectivity index (χ3n) is 4.87. The molecule has 6 heteroatoms. The van der Waals surface area contributed by atoms with Crippen molar-refractivity contribution in [3.63, 3.8) is 0 Å². The Bertz CT molecular complexity index is 820. The molecule has 1 heterocycles. The van der Waals surface area contributed by atoms with E-state index < -0.39 is 0 Å². The molecule has 1 atom stereocenters. The quantitative estimate of drug-likeness (QED) is 0.862. The lowest BCUT2D eigenvalue weighted by molar-refractivity contribution is -0.121. The molecule has 0 aliphatic heterocycles. The van der Waals surface area contributed by atoms with E-state index in [1.54, 1.807) is 0 Å². The summed E-state index contributed by atoms with van der Waals surface area (Å²) in [6, 6.07) is 6.69. The van der Waals surface area contributed by atoms with Gasteiger partial charge in [0.25, 0.3) is 0 Å². The lowest BCUT2D eigenvalue weighted by Gasteiger charge is -2.17. The van der Waals surface area contributed by atoms with Gasteiger partial charge in [0.1, 0.15) is 0 Å². The van der Waals surface area contributed by atoms with Gasteiger partial charge in [-0.3, -0.25) is 4.79 Å². The summed E-state index contributed by atoms with van der Waals surface area (Å²) in [4.78, 5) is 21.0. The van der Waals surface area contributed by atoms with Gasteiger partial charge in [-0.2, -0.15) is 4.98 Å². The Morgan fingerprint density at radius 2 is 1.96 bits per heavy atom. The SMILES string of the molecule is COc1nc(C)c(CC(=O)N[C@H](C)c2ccc3c(c2)CCC3)c(OC)n1. The molecule has 0 saturated carbocycles. The lowest BCUT2D eigenvalue weighted by Crippen LogP contribution is -2.28. The minimum absolute atomic E-state index is 0.0566. The van der Waals surface area contributed by atoms with Crippen LogP contribution in [0.5, 0.6) is 11.9 Å². The Morgan fingerprint density at radius 3 is 2.69 bits per heavy atom. The van der Waals surface area contributed by atoms with Crippen molar-refractivity contribution in [3.8, 4) is 11.9 Å². The number of aromatic nitrogens is 2. The van der Waals surface area contributed by atoms with Crippen molar-refractivity contribution >= 4 is 5.91 Å². The smallest absolute Gasteiger partial charge is 0.319 e. The summed E-state index contributed by atoms with van der Waals surface area (Å²) in [5.41, 5.74) is 5.32. The highest BCUT2D eigenvalue weighted by Crippen LogP contribution is 2.26. The van der Waals surface area contributed by atoms with Crippen molar-refractivity contribution in [2.24, 2.45) is 0 Å². The molecule has 0 radical (unpaired) electrons. The number of methoxy groups -OCH3 is 2. The van der Waals surface area contributed by atoms with Gasteiger partial charge in [-0.25, -0.2) is 4.98 Å². The Morgan fingerprint density at radius 1 is 1.19 bits per heavy atom. The fourth-order valence-electron chi connectivity index (χ4n) is 3.41. The predicted molar refractivity (Wildman–Crippen MR) is 98.6 cm³/mol. The van der Waals surface area contributed by atoms with Crippen LogP contribution in [0.1, 0.15) is 47.3 Å². The maximum absolute atomic E-state index is 12.6. The van der Waals surface area contributed by atoms with Crippen LogP contribution in [-0.4, -0.2) is 30.1 Å².